The number of likely N-dealkylation sites (N-methyl/N-ethyl adjacent to an activating group) is 1. The number of amides is 1. The van der Waals surface area contributed by atoms with Crippen LogP contribution < -0.4 is 15.8 Å². The molecular weight excluding hydrogens is 424 g/mol. The molecule has 0 unspecified atom stereocenters. The number of aryl methyl sites for hydroxylation is 1. The normalized spacial score (nSPS) is 14.1. The Balaban J connectivity index is 0.000000890. The van der Waals surface area contributed by atoms with Crippen LogP contribution in [0.4, 0.5) is 5.82 Å². The minimum absolute atomic E-state index is 0.145. The molecule has 0 radical (unpaired) electrons. The first-order valence-corrected chi connectivity index (χ1v) is 10.4. The first kappa shape index (κ1) is 25.3. The summed E-state index contributed by atoms with van der Waals surface area (Å²) in [6.07, 6.45) is 4.51. The monoisotopic (exact) mass is 452 g/mol. The van der Waals surface area contributed by atoms with Gasteiger partial charge in [0.1, 0.15) is 23.1 Å². The summed E-state index contributed by atoms with van der Waals surface area (Å²) in [5.41, 5.74) is 1.23. The van der Waals surface area contributed by atoms with Crippen molar-refractivity contribution in [1.82, 2.24) is 19.6 Å². The van der Waals surface area contributed by atoms with E-state index in [1.54, 1.807) is 12.3 Å². The number of piperazine rings is 1. The molecule has 3 heterocycles. The van der Waals surface area contributed by atoms with Crippen molar-refractivity contribution in [2.75, 3.05) is 44.7 Å². The smallest absolute Gasteiger partial charge is 0.300 e. The predicted molar refractivity (Wildman–Crippen MR) is 126 cm³/mol. The first-order valence-electron chi connectivity index (χ1n) is 10.4. The minimum Gasteiger partial charge on any atom is -0.481 e. The summed E-state index contributed by atoms with van der Waals surface area (Å²) in [4.78, 5) is 43.6. The number of carboxylic acids is 1. The number of fused-ring (bicyclic) bond motifs is 1. The van der Waals surface area contributed by atoms with Crippen molar-refractivity contribution in [1.29, 1.82) is 5.26 Å². The summed E-state index contributed by atoms with van der Waals surface area (Å²) in [6.45, 7) is 9.84. The molecule has 1 aliphatic rings. The van der Waals surface area contributed by atoms with Crippen molar-refractivity contribution >= 4 is 29.4 Å². The molecule has 0 saturated carbocycles. The maximum absolute atomic E-state index is 13.3. The van der Waals surface area contributed by atoms with E-state index in [1.807, 2.05) is 31.0 Å². The van der Waals surface area contributed by atoms with Crippen molar-refractivity contribution in [2.24, 2.45) is 0 Å². The van der Waals surface area contributed by atoms with Gasteiger partial charge in [-0.25, -0.2) is 4.98 Å². The topological polar surface area (TPSA) is 131 Å². The molecule has 1 saturated heterocycles. The molecule has 10 heteroatoms. The van der Waals surface area contributed by atoms with Crippen LogP contribution in [-0.4, -0.2) is 71.0 Å². The van der Waals surface area contributed by atoms with E-state index in [2.05, 4.69) is 16.8 Å². The lowest BCUT2D eigenvalue weighted by Gasteiger charge is -2.34. The molecule has 2 N–H and O–H groups in total. The number of hydrogen-bond acceptors (Lipinski definition) is 7. The van der Waals surface area contributed by atoms with Crippen LogP contribution >= 0.6 is 0 Å². The van der Waals surface area contributed by atoms with Gasteiger partial charge in [-0.05, 0) is 31.7 Å². The van der Waals surface area contributed by atoms with Crippen molar-refractivity contribution in [2.45, 2.75) is 13.8 Å². The third kappa shape index (κ3) is 6.51. The zero-order chi connectivity index (χ0) is 24.5. The highest BCUT2D eigenvalue weighted by Crippen LogP contribution is 2.21. The van der Waals surface area contributed by atoms with Gasteiger partial charge in [-0.3, -0.25) is 18.8 Å². The third-order valence-electron chi connectivity index (χ3n) is 4.93. The molecule has 0 spiro atoms. The lowest BCUT2D eigenvalue weighted by atomic mass is 10.1. The summed E-state index contributed by atoms with van der Waals surface area (Å²) < 4.78 is 1.46. The maximum atomic E-state index is 13.3. The standard InChI is InChI=1S/C21H24N6O2.C2H4O2/c1-4-7-23-20(28)16(14-22)13-17-19(26-11-9-25(3)10-12-26)24-18-15(2)6-5-8-27(18)21(17)29;1-2(3)4/h4-6,8,13H,1,7,9-12H2,2-3H3,(H,23,28);1H3,(H,3,4)/b16-13-;. The number of anilines is 1. The molecular formula is C23H28N6O4. The Kier molecular flexibility index (Phi) is 8.89. The zero-order valence-corrected chi connectivity index (χ0v) is 19.0. The summed E-state index contributed by atoms with van der Waals surface area (Å²) in [5, 5.41) is 19.5. The number of aromatic nitrogens is 2. The molecule has 0 aliphatic carbocycles. The van der Waals surface area contributed by atoms with Crippen molar-refractivity contribution in [3.8, 4) is 6.07 Å². The van der Waals surface area contributed by atoms with E-state index in [0.29, 0.717) is 24.6 Å². The van der Waals surface area contributed by atoms with Gasteiger partial charge < -0.3 is 20.2 Å². The van der Waals surface area contributed by atoms with Crippen LogP contribution in [0.25, 0.3) is 11.7 Å². The largest absolute Gasteiger partial charge is 0.481 e. The number of hydrogen-bond donors (Lipinski definition) is 2. The van der Waals surface area contributed by atoms with E-state index in [9.17, 15) is 14.9 Å². The molecule has 174 valence electrons. The third-order valence-corrected chi connectivity index (χ3v) is 4.93. The summed E-state index contributed by atoms with van der Waals surface area (Å²) >= 11 is 0. The van der Waals surface area contributed by atoms with Gasteiger partial charge in [-0.1, -0.05) is 12.1 Å². The molecule has 2 aromatic rings. The average Bonchev–Trinajstić information content (AvgIpc) is 2.77. The highest BCUT2D eigenvalue weighted by atomic mass is 16.4. The SMILES string of the molecule is C=CCNC(=O)/C(C#N)=C\c1c(N2CCN(C)CC2)nc2c(C)cccn2c1=O.CC(=O)O. The number of pyridine rings is 1. The van der Waals surface area contributed by atoms with E-state index in [0.717, 1.165) is 25.6 Å². The zero-order valence-electron chi connectivity index (χ0n) is 19.0. The van der Waals surface area contributed by atoms with E-state index < -0.39 is 11.9 Å². The number of rotatable bonds is 5. The molecule has 1 aliphatic heterocycles. The summed E-state index contributed by atoms with van der Waals surface area (Å²) in [5.74, 6) is -0.882. The molecule has 0 aromatic carbocycles. The van der Waals surface area contributed by atoms with Crippen LogP contribution in [0, 0.1) is 18.3 Å². The van der Waals surface area contributed by atoms with Gasteiger partial charge in [0, 0.05) is 45.8 Å². The summed E-state index contributed by atoms with van der Waals surface area (Å²) in [6, 6.07) is 5.57. The van der Waals surface area contributed by atoms with E-state index in [4.69, 9.17) is 14.9 Å². The minimum atomic E-state index is -0.833. The number of nitrogens with one attached hydrogen (secondary N) is 1. The van der Waals surface area contributed by atoms with Gasteiger partial charge in [-0.2, -0.15) is 5.26 Å². The fourth-order valence-corrected chi connectivity index (χ4v) is 3.24. The highest BCUT2D eigenvalue weighted by molar-refractivity contribution is 6.02. The number of aliphatic carboxylic acids is 1. The number of carbonyl (C=O) groups excluding carboxylic acids is 1. The fraction of sp³-hybridized carbons (Fsp3) is 0.348. The van der Waals surface area contributed by atoms with Crippen molar-refractivity contribution in [3.63, 3.8) is 0 Å². The highest BCUT2D eigenvalue weighted by Gasteiger charge is 2.22. The number of carbonyl (C=O) groups is 2. The Bertz CT molecular complexity index is 1170. The van der Waals surface area contributed by atoms with Crippen LogP contribution in [0.1, 0.15) is 18.1 Å². The molecule has 10 nitrogen and oxygen atoms in total. The lowest BCUT2D eigenvalue weighted by Crippen LogP contribution is -2.45. The predicted octanol–water partition coefficient (Wildman–Crippen LogP) is 1.05. The maximum Gasteiger partial charge on any atom is 0.300 e. The molecule has 3 rings (SSSR count). The molecule has 1 fully saturated rings. The molecule has 2 aromatic heterocycles. The number of nitriles is 1. The van der Waals surface area contributed by atoms with Crippen LogP contribution in [-0.2, 0) is 9.59 Å². The Morgan fingerprint density at radius 3 is 2.55 bits per heavy atom. The Morgan fingerprint density at radius 2 is 1.97 bits per heavy atom. The second kappa shape index (κ2) is 11.6. The van der Waals surface area contributed by atoms with E-state index in [-0.39, 0.29) is 23.2 Å². The van der Waals surface area contributed by atoms with Crippen molar-refractivity contribution in [3.05, 3.63) is 58.0 Å². The van der Waals surface area contributed by atoms with Gasteiger partial charge in [0.05, 0.1) is 5.56 Å². The van der Waals surface area contributed by atoms with Gasteiger partial charge in [-0.15, -0.1) is 6.58 Å². The quantitative estimate of drug-likeness (QED) is 0.391. The summed E-state index contributed by atoms with van der Waals surface area (Å²) in [7, 11) is 2.04. The van der Waals surface area contributed by atoms with Crippen molar-refractivity contribution < 1.29 is 14.7 Å². The van der Waals surface area contributed by atoms with Crippen LogP contribution in [0.3, 0.4) is 0 Å². The molecule has 33 heavy (non-hydrogen) atoms. The number of carboxylic acid groups (broad SMARTS) is 1. The second-order valence-electron chi connectivity index (χ2n) is 7.52. The second-order valence-corrected chi connectivity index (χ2v) is 7.52. The molecule has 1 amide bonds. The van der Waals surface area contributed by atoms with Crippen LogP contribution in [0.15, 0.2) is 41.4 Å². The lowest BCUT2D eigenvalue weighted by molar-refractivity contribution is -0.134. The fourth-order valence-electron chi connectivity index (χ4n) is 3.24. The first-order chi connectivity index (χ1) is 15.7. The van der Waals surface area contributed by atoms with Crippen LogP contribution in [0.5, 0.6) is 0 Å². The van der Waals surface area contributed by atoms with E-state index in [1.165, 1.54) is 16.6 Å². The van der Waals surface area contributed by atoms with Crippen LogP contribution in [0.2, 0.25) is 0 Å². The van der Waals surface area contributed by atoms with E-state index >= 15 is 0 Å². The average molecular weight is 453 g/mol. The Labute approximate surface area is 192 Å². The number of nitrogens with zero attached hydrogens (tertiary/aromatic N) is 5. The van der Waals surface area contributed by atoms with Gasteiger partial charge in [0.2, 0.25) is 0 Å². The Hall–Kier alpha value is -3.97. The van der Waals surface area contributed by atoms with Gasteiger partial charge >= 0.3 is 0 Å². The van der Waals surface area contributed by atoms with Gasteiger partial charge in [0.15, 0.2) is 0 Å². The Morgan fingerprint density at radius 1 is 1.33 bits per heavy atom. The molecule has 0 atom stereocenters. The van der Waals surface area contributed by atoms with Gasteiger partial charge in [0.25, 0.3) is 17.4 Å². The molecule has 0 bridgehead atoms.